The van der Waals surface area contributed by atoms with Gasteiger partial charge in [0.15, 0.2) is 6.61 Å². The van der Waals surface area contributed by atoms with Gasteiger partial charge in [0, 0.05) is 10.9 Å². The quantitative estimate of drug-likeness (QED) is 0.785. The van der Waals surface area contributed by atoms with Crippen molar-refractivity contribution in [2.24, 2.45) is 0 Å². The Balaban J connectivity index is 2.46. The van der Waals surface area contributed by atoms with E-state index in [0.29, 0.717) is 5.75 Å². The summed E-state index contributed by atoms with van der Waals surface area (Å²) in [6.07, 6.45) is 1.79. The van der Waals surface area contributed by atoms with Crippen molar-refractivity contribution in [2.75, 3.05) is 11.9 Å². The summed E-state index contributed by atoms with van der Waals surface area (Å²) in [5, 5.41) is 3.79. The minimum Gasteiger partial charge on any atom is -0.484 e. The van der Waals surface area contributed by atoms with Crippen molar-refractivity contribution in [2.45, 2.75) is 32.2 Å². The predicted octanol–water partition coefficient (Wildman–Crippen LogP) is 3.14. The molecule has 1 aromatic carbocycles. The van der Waals surface area contributed by atoms with Crippen LogP contribution in [0.2, 0.25) is 0 Å². The van der Waals surface area contributed by atoms with Crippen LogP contribution in [0.5, 0.6) is 5.75 Å². The van der Waals surface area contributed by atoms with Crippen molar-refractivity contribution in [3.63, 3.8) is 0 Å². The molecule has 1 rings (SSSR count). The third-order valence-electron chi connectivity index (χ3n) is 3.13. The molecular weight excluding hydrogens is 294 g/mol. The molecule has 0 radical (unpaired) electrons. The van der Waals surface area contributed by atoms with E-state index in [9.17, 15) is 4.79 Å². The molecule has 0 aliphatic rings. The number of hydrogen-bond acceptors (Lipinski definition) is 2. The van der Waals surface area contributed by atoms with Gasteiger partial charge >= 0.3 is 0 Å². The summed E-state index contributed by atoms with van der Waals surface area (Å²) >= 11 is 3.46. The first kappa shape index (κ1) is 15.0. The molecule has 0 atom stereocenters. The van der Waals surface area contributed by atoms with Crippen LogP contribution in [-0.2, 0) is 4.79 Å². The Labute approximate surface area is 117 Å². The maximum atomic E-state index is 11.9. The topological polar surface area (TPSA) is 38.3 Å². The number of benzene rings is 1. The Bertz CT molecular complexity index is 355. The number of rotatable bonds is 7. The lowest BCUT2D eigenvalue weighted by atomic mass is 9.95. The summed E-state index contributed by atoms with van der Waals surface area (Å²) in [7, 11) is 0. The predicted molar refractivity (Wildman–Crippen MR) is 77.2 cm³/mol. The second-order valence-corrected chi connectivity index (χ2v) is 4.83. The van der Waals surface area contributed by atoms with E-state index < -0.39 is 0 Å². The Hall–Kier alpha value is -1.03. The molecule has 0 aromatic heterocycles. The van der Waals surface area contributed by atoms with Crippen LogP contribution in [0.25, 0.3) is 0 Å². The minimum absolute atomic E-state index is 0.0543. The van der Waals surface area contributed by atoms with E-state index in [1.165, 1.54) is 0 Å². The van der Waals surface area contributed by atoms with Gasteiger partial charge < -0.3 is 10.1 Å². The van der Waals surface area contributed by atoms with Crippen LogP contribution in [0.15, 0.2) is 30.3 Å². The second kappa shape index (κ2) is 7.41. The normalized spacial score (nSPS) is 11.1. The molecular formula is C14H20BrNO2. The molecule has 0 heterocycles. The summed E-state index contributed by atoms with van der Waals surface area (Å²) < 4.78 is 5.42. The highest BCUT2D eigenvalue weighted by Crippen LogP contribution is 2.18. The van der Waals surface area contributed by atoms with E-state index in [0.717, 1.165) is 18.2 Å². The lowest BCUT2D eigenvalue weighted by molar-refractivity contribution is -0.124. The van der Waals surface area contributed by atoms with Crippen molar-refractivity contribution in [3.8, 4) is 5.75 Å². The molecule has 0 unspecified atom stereocenters. The highest BCUT2D eigenvalue weighted by atomic mass is 79.9. The Morgan fingerprint density at radius 3 is 2.39 bits per heavy atom. The fraction of sp³-hybridized carbons (Fsp3) is 0.500. The van der Waals surface area contributed by atoms with Crippen molar-refractivity contribution >= 4 is 21.8 Å². The third kappa shape index (κ3) is 4.33. The zero-order chi connectivity index (χ0) is 13.4. The van der Waals surface area contributed by atoms with E-state index in [-0.39, 0.29) is 18.1 Å². The number of halogens is 1. The number of alkyl halides is 1. The smallest absolute Gasteiger partial charge is 0.258 e. The molecule has 1 aromatic rings. The first-order chi connectivity index (χ1) is 8.65. The molecule has 0 saturated heterocycles. The molecule has 100 valence electrons. The monoisotopic (exact) mass is 313 g/mol. The molecule has 0 bridgehead atoms. The van der Waals surface area contributed by atoms with Crippen LogP contribution >= 0.6 is 15.9 Å². The maximum absolute atomic E-state index is 11.9. The summed E-state index contributed by atoms with van der Waals surface area (Å²) in [6.45, 7) is 4.20. The summed E-state index contributed by atoms with van der Waals surface area (Å²) in [6, 6.07) is 9.36. The van der Waals surface area contributed by atoms with Gasteiger partial charge in [0.2, 0.25) is 0 Å². The maximum Gasteiger partial charge on any atom is 0.258 e. The van der Waals surface area contributed by atoms with Crippen LogP contribution < -0.4 is 10.1 Å². The number of ether oxygens (including phenoxy) is 1. The Morgan fingerprint density at radius 2 is 1.89 bits per heavy atom. The largest absolute Gasteiger partial charge is 0.484 e. The molecule has 0 aliphatic carbocycles. The van der Waals surface area contributed by atoms with Crippen molar-refractivity contribution < 1.29 is 9.53 Å². The van der Waals surface area contributed by atoms with Gasteiger partial charge in [-0.15, -0.1) is 0 Å². The standard InChI is InChI=1S/C14H20BrNO2/c1-3-14(4-2,11-15)16-13(17)10-18-12-8-6-5-7-9-12/h5-9H,3-4,10-11H2,1-2H3,(H,16,17). The van der Waals surface area contributed by atoms with Gasteiger partial charge in [-0.3, -0.25) is 4.79 Å². The fourth-order valence-electron chi connectivity index (χ4n) is 1.65. The fourth-order valence-corrected chi connectivity index (χ4v) is 2.58. The Morgan fingerprint density at radius 1 is 1.28 bits per heavy atom. The number of nitrogens with one attached hydrogen (secondary N) is 1. The zero-order valence-corrected chi connectivity index (χ0v) is 12.5. The Kier molecular flexibility index (Phi) is 6.19. The van der Waals surface area contributed by atoms with Crippen LogP contribution in [0.3, 0.4) is 0 Å². The van der Waals surface area contributed by atoms with E-state index in [1.807, 2.05) is 30.3 Å². The van der Waals surface area contributed by atoms with Crippen molar-refractivity contribution in [1.82, 2.24) is 5.32 Å². The highest BCUT2D eigenvalue weighted by molar-refractivity contribution is 9.09. The average molecular weight is 314 g/mol. The van der Waals surface area contributed by atoms with Crippen LogP contribution in [-0.4, -0.2) is 23.4 Å². The minimum atomic E-state index is -0.170. The van der Waals surface area contributed by atoms with E-state index >= 15 is 0 Å². The average Bonchev–Trinajstić information content (AvgIpc) is 2.44. The molecule has 18 heavy (non-hydrogen) atoms. The van der Waals surface area contributed by atoms with E-state index in [1.54, 1.807) is 0 Å². The molecule has 0 spiro atoms. The second-order valence-electron chi connectivity index (χ2n) is 4.27. The van der Waals surface area contributed by atoms with Gasteiger partial charge in [-0.05, 0) is 25.0 Å². The van der Waals surface area contributed by atoms with Crippen LogP contribution in [0, 0.1) is 0 Å². The van der Waals surface area contributed by atoms with Gasteiger partial charge in [-0.1, -0.05) is 48.0 Å². The first-order valence-electron chi connectivity index (χ1n) is 6.20. The van der Waals surface area contributed by atoms with Crippen molar-refractivity contribution in [1.29, 1.82) is 0 Å². The van der Waals surface area contributed by atoms with Gasteiger partial charge in [0.05, 0.1) is 0 Å². The summed E-state index contributed by atoms with van der Waals surface area (Å²) in [4.78, 5) is 11.9. The number of para-hydroxylation sites is 1. The SMILES string of the molecule is CCC(CC)(CBr)NC(=O)COc1ccccc1. The lowest BCUT2D eigenvalue weighted by Gasteiger charge is -2.30. The summed E-state index contributed by atoms with van der Waals surface area (Å²) in [5.41, 5.74) is -0.170. The number of carbonyl (C=O) groups excluding carboxylic acids is 1. The van der Waals surface area contributed by atoms with E-state index in [2.05, 4.69) is 35.1 Å². The van der Waals surface area contributed by atoms with Gasteiger partial charge in [0.25, 0.3) is 5.91 Å². The van der Waals surface area contributed by atoms with Crippen molar-refractivity contribution in [3.05, 3.63) is 30.3 Å². The van der Waals surface area contributed by atoms with Crippen LogP contribution in [0.4, 0.5) is 0 Å². The van der Waals surface area contributed by atoms with Gasteiger partial charge in [0.1, 0.15) is 5.75 Å². The molecule has 1 amide bonds. The van der Waals surface area contributed by atoms with Gasteiger partial charge in [-0.25, -0.2) is 0 Å². The number of hydrogen-bond donors (Lipinski definition) is 1. The summed E-state index contributed by atoms with van der Waals surface area (Å²) in [5.74, 6) is 0.632. The molecule has 1 N–H and O–H groups in total. The first-order valence-corrected chi connectivity index (χ1v) is 7.32. The van der Waals surface area contributed by atoms with E-state index in [4.69, 9.17) is 4.74 Å². The number of amides is 1. The third-order valence-corrected chi connectivity index (χ3v) is 4.20. The van der Waals surface area contributed by atoms with Crippen LogP contribution in [0.1, 0.15) is 26.7 Å². The molecule has 4 heteroatoms. The van der Waals surface area contributed by atoms with Gasteiger partial charge in [-0.2, -0.15) is 0 Å². The molecule has 0 saturated carbocycles. The molecule has 3 nitrogen and oxygen atoms in total. The molecule has 0 aliphatic heterocycles. The zero-order valence-electron chi connectivity index (χ0n) is 10.9. The highest BCUT2D eigenvalue weighted by Gasteiger charge is 2.26. The molecule has 0 fully saturated rings. The lowest BCUT2D eigenvalue weighted by Crippen LogP contribution is -2.50. The number of carbonyl (C=O) groups is 1.